The normalized spacial score (nSPS) is 11.6. The Balaban J connectivity index is 1.43. The number of carbonyl (C=O) groups is 1. The SMILES string of the molecule is O=C(NCc1cccc(C(F)(F)F)c1)c1csc(CN(Cc2ccc(F)cc2)Cc2ccccc2F)n1. The number of nitrogens with zero attached hydrogens (tertiary/aromatic N) is 2. The van der Waals surface area contributed by atoms with Crippen molar-refractivity contribution < 1.29 is 26.7 Å². The maximum absolute atomic E-state index is 14.3. The number of benzene rings is 3. The number of amides is 1. The molecule has 37 heavy (non-hydrogen) atoms. The highest BCUT2D eigenvalue weighted by Crippen LogP contribution is 2.29. The third-order valence-corrected chi connectivity index (χ3v) is 6.36. The van der Waals surface area contributed by atoms with Gasteiger partial charge in [-0.25, -0.2) is 13.8 Å². The van der Waals surface area contributed by atoms with Crippen LogP contribution in [0.1, 0.15) is 37.7 Å². The van der Waals surface area contributed by atoms with E-state index in [1.165, 1.54) is 41.7 Å². The van der Waals surface area contributed by atoms with Crippen molar-refractivity contribution in [2.75, 3.05) is 0 Å². The first-order valence-electron chi connectivity index (χ1n) is 11.3. The monoisotopic (exact) mass is 531 g/mol. The highest BCUT2D eigenvalue weighted by molar-refractivity contribution is 7.09. The molecule has 0 fully saturated rings. The Kier molecular flexibility index (Phi) is 8.30. The molecule has 192 valence electrons. The third-order valence-electron chi connectivity index (χ3n) is 5.52. The highest BCUT2D eigenvalue weighted by atomic mass is 32.1. The minimum Gasteiger partial charge on any atom is -0.347 e. The van der Waals surface area contributed by atoms with Crippen LogP contribution in [0, 0.1) is 11.6 Å². The van der Waals surface area contributed by atoms with E-state index in [9.17, 15) is 26.7 Å². The van der Waals surface area contributed by atoms with E-state index in [2.05, 4.69) is 10.3 Å². The second-order valence-corrected chi connectivity index (χ2v) is 9.31. The van der Waals surface area contributed by atoms with Crippen LogP contribution in [-0.4, -0.2) is 15.8 Å². The number of rotatable bonds is 9. The van der Waals surface area contributed by atoms with E-state index in [1.54, 1.807) is 35.7 Å². The van der Waals surface area contributed by atoms with Gasteiger partial charge in [0.25, 0.3) is 5.91 Å². The molecule has 0 unspecified atom stereocenters. The summed E-state index contributed by atoms with van der Waals surface area (Å²) in [5.41, 5.74) is 0.980. The van der Waals surface area contributed by atoms with Gasteiger partial charge >= 0.3 is 6.18 Å². The number of aromatic nitrogens is 1. The smallest absolute Gasteiger partial charge is 0.347 e. The Bertz CT molecular complexity index is 1350. The summed E-state index contributed by atoms with van der Waals surface area (Å²) in [6.45, 7) is 0.878. The number of nitrogens with one attached hydrogen (secondary N) is 1. The molecule has 0 spiro atoms. The molecule has 1 aromatic heterocycles. The minimum atomic E-state index is -4.47. The van der Waals surface area contributed by atoms with Crippen LogP contribution < -0.4 is 5.32 Å². The molecule has 4 aromatic rings. The molecule has 0 aliphatic rings. The summed E-state index contributed by atoms with van der Waals surface area (Å²) in [6.07, 6.45) is -4.47. The van der Waals surface area contributed by atoms with Crippen LogP contribution >= 0.6 is 11.3 Å². The van der Waals surface area contributed by atoms with Crippen molar-refractivity contribution in [2.24, 2.45) is 0 Å². The topological polar surface area (TPSA) is 45.2 Å². The molecule has 1 N–H and O–H groups in total. The molecule has 4 rings (SSSR count). The van der Waals surface area contributed by atoms with E-state index in [1.807, 2.05) is 4.90 Å². The quantitative estimate of drug-likeness (QED) is 0.249. The number of carbonyl (C=O) groups excluding carboxylic acids is 1. The standard InChI is InChI=1S/C27H22F5N3OS/c28-22-10-8-18(9-11-22)14-35(15-20-5-1-2-7-23(20)29)16-25-34-24(17-37-25)26(36)33-13-19-4-3-6-21(12-19)27(30,31)32/h1-12,17H,13-16H2,(H,33,36). The van der Waals surface area contributed by atoms with Gasteiger partial charge in [-0.15, -0.1) is 11.3 Å². The van der Waals surface area contributed by atoms with E-state index >= 15 is 0 Å². The van der Waals surface area contributed by atoms with Crippen LogP contribution in [0.4, 0.5) is 22.0 Å². The predicted molar refractivity (Wildman–Crippen MR) is 130 cm³/mol. The summed E-state index contributed by atoms with van der Waals surface area (Å²) in [4.78, 5) is 18.9. The fourth-order valence-electron chi connectivity index (χ4n) is 3.69. The summed E-state index contributed by atoms with van der Waals surface area (Å²) in [5, 5.41) is 4.76. The second-order valence-electron chi connectivity index (χ2n) is 8.37. The van der Waals surface area contributed by atoms with E-state index in [4.69, 9.17) is 0 Å². The first kappa shape index (κ1) is 26.4. The van der Waals surface area contributed by atoms with Gasteiger partial charge in [0.05, 0.1) is 12.1 Å². The van der Waals surface area contributed by atoms with Crippen molar-refractivity contribution in [1.82, 2.24) is 15.2 Å². The van der Waals surface area contributed by atoms with E-state index < -0.39 is 17.6 Å². The molecule has 0 atom stereocenters. The Morgan fingerprint density at radius 3 is 2.38 bits per heavy atom. The average Bonchev–Trinajstić information content (AvgIpc) is 3.33. The first-order valence-corrected chi connectivity index (χ1v) is 12.1. The lowest BCUT2D eigenvalue weighted by Crippen LogP contribution is -2.24. The molecule has 1 amide bonds. The second kappa shape index (κ2) is 11.6. The van der Waals surface area contributed by atoms with Gasteiger partial charge in [0.15, 0.2) is 0 Å². The molecule has 0 radical (unpaired) electrons. The van der Waals surface area contributed by atoms with Gasteiger partial charge in [-0.2, -0.15) is 13.2 Å². The Morgan fingerprint density at radius 2 is 1.65 bits per heavy atom. The maximum atomic E-state index is 14.3. The number of thiazole rings is 1. The van der Waals surface area contributed by atoms with Crippen molar-refractivity contribution in [1.29, 1.82) is 0 Å². The van der Waals surface area contributed by atoms with Crippen LogP contribution in [0.3, 0.4) is 0 Å². The summed E-state index contributed by atoms with van der Waals surface area (Å²) in [5.74, 6) is -1.22. The Labute approximate surface area is 214 Å². The molecule has 1 heterocycles. The maximum Gasteiger partial charge on any atom is 0.416 e. The van der Waals surface area contributed by atoms with Crippen molar-refractivity contribution >= 4 is 17.2 Å². The van der Waals surface area contributed by atoms with Crippen LogP contribution in [0.5, 0.6) is 0 Å². The van der Waals surface area contributed by atoms with Crippen molar-refractivity contribution in [2.45, 2.75) is 32.4 Å². The van der Waals surface area contributed by atoms with E-state index in [0.29, 0.717) is 29.2 Å². The van der Waals surface area contributed by atoms with Gasteiger partial charge in [-0.05, 0) is 41.5 Å². The molecule has 3 aromatic carbocycles. The van der Waals surface area contributed by atoms with Crippen molar-refractivity contribution in [3.05, 3.63) is 123 Å². The number of alkyl halides is 3. The van der Waals surface area contributed by atoms with Gasteiger partial charge in [-0.1, -0.05) is 42.5 Å². The lowest BCUT2D eigenvalue weighted by Gasteiger charge is -2.22. The summed E-state index contributed by atoms with van der Waals surface area (Å²) < 4.78 is 66.4. The molecule has 10 heteroatoms. The molecular formula is C27H22F5N3OS. The van der Waals surface area contributed by atoms with Crippen molar-refractivity contribution in [3.8, 4) is 0 Å². The first-order chi connectivity index (χ1) is 17.7. The van der Waals surface area contributed by atoms with Gasteiger partial charge in [-0.3, -0.25) is 9.69 Å². The van der Waals surface area contributed by atoms with Crippen LogP contribution in [0.2, 0.25) is 0 Å². The number of hydrogen-bond acceptors (Lipinski definition) is 4. The molecule has 4 nitrogen and oxygen atoms in total. The number of halogens is 5. The molecule has 0 saturated carbocycles. The molecule has 0 aliphatic carbocycles. The van der Waals surface area contributed by atoms with Crippen LogP contribution in [0.25, 0.3) is 0 Å². The molecule has 0 saturated heterocycles. The van der Waals surface area contributed by atoms with Gasteiger partial charge in [0, 0.05) is 30.6 Å². The highest BCUT2D eigenvalue weighted by Gasteiger charge is 2.30. The average molecular weight is 532 g/mol. The Hall–Kier alpha value is -3.63. The summed E-state index contributed by atoms with van der Waals surface area (Å²) in [7, 11) is 0. The zero-order valence-electron chi connectivity index (χ0n) is 19.4. The van der Waals surface area contributed by atoms with Crippen molar-refractivity contribution in [3.63, 3.8) is 0 Å². The summed E-state index contributed by atoms with van der Waals surface area (Å²) >= 11 is 1.25. The van der Waals surface area contributed by atoms with Crippen LogP contribution in [-0.2, 0) is 32.4 Å². The minimum absolute atomic E-state index is 0.0837. The fraction of sp³-hybridized carbons (Fsp3) is 0.185. The van der Waals surface area contributed by atoms with Gasteiger partial charge in [0.2, 0.25) is 0 Å². The largest absolute Gasteiger partial charge is 0.416 e. The zero-order chi connectivity index (χ0) is 26.4. The van der Waals surface area contributed by atoms with Crippen LogP contribution in [0.15, 0.2) is 78.2 Å². The molecular weight excluding hydrogens is 509 g/mol. The van der Waals surface area contributed by atoms with E-state index in [-0.39, 0.29) is 30.4 Å². The van der Waals surface area contributed by atoms with E-state index in [0.717, 1.165) is 17.7 Å². The van der Waals surface area contributed by atoms with Gasteiger partial charge in [0.1, 0.15) is 22.3 Å². The zero-order valence-corrected chi connectivity index (χ0v) is 20.3. The summed E-state index contributed by atoms with van der Waals surface area (Å²) in [6, 6.07) is 17.2. The molecule has 0 aliphatic heterocycles. The lowest BCUT2D eigenvalue weighted by atomic mass is 10.1. The lowest BCUT2D eigenvalue weighted by molar-refractivity contribution is -0.137. The van der Waals surface area contributed by atoms with Gasteiger partial charge < -0.3 is 5.32 Å². The number of hydrogen-bond donors (Lipinski definition) is 1. The fourth-order valence-corrected chi connectivity index (χ4v) is 4.51. The third kappa shape index (κ3) is 7.43. The predicted octanol–water partition coefficient (Wildman–Crippen LogP) is 6.57. The molecule has 0 bridgehead atoms. The Morgan fingerprint density at radius 1 is 0.892 bits per heavy atom.